The van der Waals surface area contributed by atoms with E-state index < -0.39 is 0 Å². The van der Waals surface area contributed by atoms with Crippen LogP contribution in [0.3, 0.4) is 0 Å². The van der Waals surface area contributed by atoms with Gasteiger partial charge in [0.05, 0.1) is 5.69 Å². The predicted octanol–water partition coefficient (Wildman–Crippen LogP) is 2.55. The van der Waals surface area contributed by atoms with E-state index in [1.807, 2.05) is 26.1 Å². The summed E-state index contributed by atoms with van der Waals surface area (Å²) >= 11 is 0. The average molecular weight is 230 g/mol. The highest BCUT2D eigenvalue weighted by atomic mass is 16.1. The Labute approximate surface area is 101 Å². The number of nitrogens with two attached hydrogens (primary N) is 1. The zero-order valence-corrected chi connectivity index (χ0v) is 10.4. The maximum absolute atomic E-state index is 11.9. The number of nitrogen functional groups attached to an aromatic ring is 1. The van der Waals surface area contributed by atoms with Crippen molar-refractivity contribution in [1.82, 2.24) is 4.98 Å². The molecule has 0 spiro atoms. The van der Waals surface area contributed by atoms with Crippen LogP contribution in [0.25, 0.3) is 0 Å². The summed E-state index contributed by atoms with van der Waals surface area (Å²) in [6.07, 6.45) is 5.71. The zero-order chi connectivity index (χ0) is 12.2. The van der Waals surface area contributed by atoms with Gasteiger partial charge in [-0.25, -0.2) is 0 Å². The molecule has 1 aromatic rings. The van der Waals surface area contributed by atoms with E-state index in [4.69, 9.17) is 5.73 Å². The van der Waals surface area contributed by atoms with Crippen LogP contribution in [-0.2, 0) is 5.41 Å². The molecule has 0 unspecified atom stereocenters. The zero-order valence-electron chi connectivity index (χ0n) is 10.4. The number of carbonyl (C=O) groups excluding carboxylic acids is 1. The SMILES string of the molecule is CC(C)C(=O)c1ncc(C23CC(C2)C3)cc1N. The molecule has 1 aromatic heterocycles. The maximum Gasteiger partial charge on any atom is 0.185 e. The van der Waals surface area contributed by atoms with Gasteiger partial charge in [0.25, 0.3) is 0 Å². The van der Waals surface area contributed by atoms with Crippen LogP contribution in [0.1, 0.15) is 49.2 Å². The minimum atomic E-state index is -0.0504. The maximum atomic E-state index is 11.9. The Kier molecular flexibility index (Phi) is 2.09. The van der Waals surface area contributed by atoms with Crippen LogP contribution < -0.4 is 5.73 Å². The Morgan fingerprint density at radius 3 is 2.53 bits per heavy atom. The third kappa shape index (κ3) is 1.41. The van der Waals surface area contributed by atoms with Crippen molar-refractivity contribution in [2.24, 2.45) is 11.8 Å². The van der Waals surface area contributed by atoms with E-state index >= 15 is 0 Å². The molecule has 2 N–H and O–H groups in total. The lowest BCUT2D eigenvalue weighted by atomic mass is 9.42. The first-order chi connectivity index (χ1) is 8.02. The normalized spacial score (nSPS) is 29.7. The summed E-state index contributed by atoms with van der Waals surface area (Å²) in [5.41, 5.74) is 8.56. The fourth-order valence-corrected chi connectivity index (χ4v) is 3.08. The van der Waals surface area contributed by atoms with Crippen molar-refractivity contribution in [2.75, 3.05) is 5.73 Å². The summed E-state index contributed by atoms with van der Waals surface area (Å²) in [6, 6.07) is 1.97. The first-order valence-corrected chi connectivity index (χ1v) is 6.32. The number of ketones is 1. The van der Waals surface area contributed by atoms with Crippen molar-refractivity contribution in [3.05, 3.63) is 23.5 Å². The third-order valence-electron chi connectivity index (χ3n) is 4.33. The monoisotopic (exact) mass is 230 g/mol. The molecule has 3 aliphatic carbocycles. The Balaban J connectivity index is 1.91. The number of Topliss-reactive ketones (excluding diaryl/α,β-unsaturated/α-hetero) is 1. The van der Waals surface area contributed by atoms with Crippen molar-refractivity contribution in [3.8, 4) is 0 Å². The molecule has 90 valence electrons. The number of nitrogens with zero attached hydrogens (tertiary/aromatic N) is 1. The molecule has 0 radical (unpaired) electrons. The molecule has 0 aromatic carbocycles. The molecule has 1 heterocycles. The van der Waals surface area contributed by atoms with Gasteiger partial charge in [-0.1, -0.05) is 13.8 Å². The van der Waals surface area contributed by atoms with Crippen LogP contribution in [0, 0.1) is 11.8 Å². The van der Waals surface area contributed by atoms with E-state index in [0.717, 1.165) is 5.92 Å². The van der Waals surface area contributed by atoms with E-state index in [2.05, 4.69) is 4.98 Å². The average Bonchev–Trinajstić information content (AvgIpc) is 2.12. The Morgan fingerprint density at radius 2 is 2.12 bits per heavy atom. The lowest BCUT2D eigenvalue weighted by Gasteiger charge is -2.62. The van der Waals surface area contributed by atoms with Gasteiger partial charge in [-0.15, -0.1) is 0 Å². The Morgan fingerprint density at radius 1 is 1.47 bits per heavy atom. The summed E-state index contributed by atoms with van der Waals surface area (Å²) < 4.78 is 0. The summed E-state index contributed by atoms with van der Waals surface area (Å²) in [5, 5.41) is 0. The first kappa shape index (κ1) is 10.8. The van der Waals surface area contributed by atoms with Gasteiger partial charge in [0.15, 0.2) is 5.78 Å². The Bertz CT molecular complexity index is 476. The molecule has 0 atom stereocenters. The van der Waals surface area contributed by atoms with Crippen LogP contribution in [0.4, 0.5) is 5.69 Å². The van der Waals surface area contributed by atoms with Gasteiger partial charge < -0.3 is 5.73 Å². The minimum Gasteiger partial charge on any atom is -0.397 e. The van der Waals surface area contributed by atoms with Crippen molar-refractivity contribution in [3.63, 3.8) is 0 Å². The summed E-state index contributed by atoms with van der Waals surface area (Å²) in [6.45, 7) is 3.75. The van der Waals surface area contributed by atoms with Gasteiger partial charge in [0.1, 0.15) is 5.69 Å². The molecular formula is C14H18N2O. The molecule has 3 nitrogen and oxygen atoms in total. The number of anilines is 1. The second-order valence-electron chi connectivity index (χ2n) is 5.94. The van der Waals surface area contributed by atoms with Crippen molar-refractivity contribution in [2.45, 2.75) is 38.5 Å². The van der Waals surface area contributed by atoms with E-state index in [-0.39, 0.29) is 11.7 Å². The smallest absolute Gasteiger partial charge is 0.185 e. The molecule has 3 aliphatic rings. The van der Waals surface area contributed by atoms with Crippen LogP contribution in [0.2, 0.25) is 0 Å². The van der Waals surface area contributed by atoms with E-state index in [1.165, 1.54) is 24.8 Å². The van der Waals surface area contributed by atoms with Crippen LogP contribution >= 0.6 is 0 Å². The van der Waals surface area contributed by atoms with Gasteiger partial charge in [0.2, 0.25) is 0 Å². The van der Waals surface area contributed by atoms with E-state index in [1.54, 1.807) is 0 Å². The highest BCUT2D eigenvalue weighted by Gasteiger charge is 2.57. The summed E-state index contributed by atoms with van der Waals surface area (Å²) in [7, 11) is 0. The number of aromatic nitrogens is 1. The Hall–Kier alpha value is -1.38. The molecule has 17 heavy (non-hydrogen) atoms. The molecule has 3 saturated carbocycles. The van der Waals surface area contributed by atoms with Crippen molar-refractivity contribution >= 4 is 11.5 Å². The summed E-state index contributed by atoms with van der Waals surface area (Å²) in [5.74, 6) is 0.922. The third-order valence-corrected chi connectivity index (χ3v) is 4.33. The fourth-order valence-electron chi connectivity index (χ4n) is 3.08. The highest BCUT2D eigenvalue weighted by Crippen LogP contribution is 2.65. The van der Waals surface area contributed by atoms with Gasteiger partial charge in [-0.2, -0.15) is 0 Å². The predicted molar refractivity (Wildman–Crippen MR) is 66.8 cm³/mol. The van der Waals surface area contributed by atoms with Gasteiger partial charge in [0, 0.05) is 12.1 Å². The molecule has 0 saturated heterocycles. The quantitative estimate of drug-likeness (QED) is 0.812. The molecule has 4 rings (SSSR count). The molecule has 3 fully saturated rings. The largest absolute Gasteiger partial charge is 0.397 e. The van der Waals surface area contributed by atoms with Crippen molar-refractivity contribution < 1.29 is 4.79 Å². The lowest BCUT2D eigenvalue weighted by Crippen LogP contribution is -2.55. The van der Waals surface area contributed by atoms with E-state index in [9.17, 15) is 4.79 Å². The van der Waals surface area contributed by atoms with Gasteiger partial charge >= 0.3 is 0 Å². The fraction of sp³-hybridized carbons (Fsp3) is 0.571. The van der Waals surface area contributed by atoms with Crippen LogP contribution in [-0.4, -0.2) is 10.8 Å². The van der Waals surface area contributed by atoms with Crippen molar-refractivity contribution in [1.29, 1.82) is 0 Å². The van der Waals surface area contributed by atoms with Crippen LogP contribution in [0.5, 0.6) is 0 Å². The number of rotatable bonds is 3. The second kappa shape index (κ2) is 3.31. The minimum absolute atomic E-state index is 0.0339. The topological polar surface area (TPSA) is 56.0 Å². The lowest BCUT2D eigenvalue weighted by molar-refractivity contribution is -0.0276. The standard InChI is InChI=1S/C14H18N2O/c1-8(2)13(17)12-11(15)3-10(7-16-12)14-4-9(5-14)6-14/h3,7-9H,4-6,15H2,1-2H3. The molecule has 0 aliphatic heterocycles. The van der Waals surface area contributed by atoms with Gasteiger partial charge in [-0.3, -0.25) is 9.78 Å². The number of pyridine rings is 1. The first-order valence-electron chi connectivity index (χ1n) is 6.32. The molecule has 3 heteroatoms. The molecule has 0 amide bonds. The highest BCUT2D eigenvalue weighted by molar-refractivity contribution is 6.00. The second-order valence-corrected chi connectivity index (χ2v) is 5.94. The molecular weight excluding hydrogens is 212 g/mol. The van der Waals surface area contributed by atoms with Crippen LogP contribution in [0.15, 0.2) is 12.3 Å². The number of carbonyl (C=O) groups is 1. The number of hydrogen-bond donors (Lipinski definition) is 1. The number of hydrogen-bond acceptors (Lipinski definition) is 3. The molecule has 2 bridgehead atoms. The van der Waals surface area contributed by atoms with E-state index in [0.29, 0.717) is 16.8 Å². The van der Waals surface area contributed by atoms with Gasteiger partial charge in [-0.05, 0) is 42.2 Å². The summed E-state index contributed by atoms with van der Waals surface area (Å²) in [4.78, 5) is 16.2.